The van der Waals surface area contributed by atoms with Crippen molar-refractivity contribution in [2.45, 2.75) is 0 Å². The van der Waals surface area contributed by atoms with Gasteiger partial charge >= 0.3 is 0 Å². The van der Waals surface area contributed by atoms with Gasteiger partial charge in [0.25, 0.3) is 5.56 Å². The van der Waals surface area contributed by atoms with E-state index in [1.165, 1.54) is 0 Å². The van der Waals surface area contributed by atoms with Crippen LogP contribution < -0.4 is 5.56 Å². The number of aromatic amines is 1. The minimum absolute atomic E-state index is 0.185. The molecule has 0 saturated carbocycles. The van der Waals surface area contributed by atoms with Gasteiger partial charge in [-0.2, -0.15) is 0 Å². The van der Waals surface area contributed by atoms with Gasteiger partial charge in [0.05, 0.1) is 11.0 Å². The van der Waals surface area contributed by atoms with Gasteiger partial charge in [-0.15, -0.1) is 0 Å². The standard InChI is InChI=1S/C16H11BrN2O/c17-12-5-3-4-11(10-12)8-9-15-16(20)19-14-7-2-1-6-13(14)18-15/h1-10H,(H,19,20)/b9-8+. The van der Waals surface area contributed by atoms with Crippen LogP contribution >= 0.6 is 15.9 Å². The first-order valence-electron chi connectivity index (χ1n) is 6.15. The summed E-state index contributed by atoms with van der Waals surface area (Å²) in [6, 6.07) is 15.3. The predicted octanol–water partition coefficient (Wildman–Crippen LogP) is 3.86. The molecule has 3 nitrogen and oxygen atoms in total. The number of para-hydroxylation sites is 2. The summed E-state index contributed by atoms with van der Waals surface area (Å²) in [7, 11) is 0. The molecule has 0 unspecified atom stereocenters. The maximum Gasteiger partial charge on any atom is 0.274 e. The van der Waals surface area contributed by atoms with Crippen molar-refractivity contribution in [1.29, 1.82) is 0 Å². The normalized spacial score (nSPS) is 11.2. The number of hydrogen-bond acceptors (Lipinski definition) is 2. The zero-order valence-electron chi connectivity index (χ0n) is 10.5. The van der Waals surface area contributed by atoms with E-state index in [-0.39, 0.29) is 5.56 Å². The second-order valence-corrected chi connectivity index (χ2v) is 5.27. The summed E-state index contributed by atoms with van der Waals surface area (Å²) >= 11 is 3.42. The molecule has 1 N–H and O–H groups in total. The Morgan fingerprint density at radius 1 is 1.05 bits per heavy atom. The fourth-order valence-electron chi connectivity index (χ4n) is 1.94. The number of nitrogens with zero attached hydrogens (tertiary/aromatic N) is 1. The van der Waals surface area contributed by atoms with Gasteiger partial charge in [-0.3, -0.25) is 4.79 Å². The Morgan fingerprint density at radius 3 is 2.75 bits per heavy atom. The van der Waals surface area contributed by atoms with Crippen molar-refractivity contribution < 1.29 is 0 Å². The Balaban J connectivity index is 2.02. The van der Waals surface area contributed by atoms with E-state index in [0.717, 1.165) is 21.1 Å². The highest BCUT2D eigenvalue weighted by Crippen LogP contribution is 2.14. The number of rotatable bonds is 2. The van der Waals surface area contributed by atoms with Crippen molar-refractivity contribution in [3.63, 3.8) is 0 Å². The van der Waals surface area contributed by atoms with Crippen LogP contribution in [0.2, 0.25) is 0 Å². The van der Waals surface area contributed by atoms with Gasteiger partial charge in [-0.1, -0.05) is 46.3 Å². The van der Waals surface area contributed by atoms with E-state index in [2.05, 4.69) is 25.9 Å². The minimum atomic E-state index is -0.185. The zero-order chi connectivity index (χ0) is 13.9. The number of hydrogen-bond donors (Lipinski definition) is 1. The summed E-state index contributed by atoms with van der Waals surface area (Å²) in [6.07, 6.45) is 3.60. The summed E-state index contributed by atoms with van der Waals surface area (Å²) in [4.78, 5) is 19.1. The Hall–Kier alpha value is -2.20. The molecule has 3 aromatic rings. The second-order valence-electron chi connectivity index (χ2n) is 4.36. The van der Waals surface area contributed by atoms with Gasteiger partial charge in [0, 0.05) is 4.47 Å². The van der Waals surface area contributed by atoms with Crippen molar-refractivity contribution in [3.05, 3.63) is 74.6 Å². The summed E-state index contributed by atoms with van der Waals surface area (Å²) in [5.74, 6) is 0. The molecule has 0 amide bonds. The summed E-state index contributed by atoms with van der Waals surface area (Å²) in [5.41, 5.74) is 2.76. The predicted molar refractivity (Wildman–Crippen MR) is 85.4 cm³/mol. The molecule has 0 aliphatic carbocycles. The molecule has 20 heavy (non-hydrogen) atoms. The van der Waals surface area contributed by atoms with Crippen molar-refractivity contribution >= 4 is 39.1 Å². The van der Waals surface area contributed by atoms with Gasteiger partial charge < -0.3 is 4.98 Å². The molecule has 0 radical (unpaired) electrons. The van der Waals surface area contributed by atoms with Crippen LogP contribution in [0.1, 0.15) is 11.3 Å². The van der Waals surface area contributed by atoms with Crippen LogP contribution in [0.3, 0.4) is 0 Å². The zero-order valence-corrected chi connectivity index (χ0v) is 12.1. The van der Waals surface area contributed by atoms with E-state index in [4.69, 9.17) is 0 Å². The Morgan fingerprint density at radius 2 is 1.90 bits per heavy atom. The lowest BCUT2D eigenvalue weighted by atomic mass is 10.2. The average Bonchev–Trinajstić information content (AvgIpc) is 2.45. The van der Waals surface area contributed by atoms with Gasteiger partial charge in [0.2, 0.25) is 0 Å². The van der Waals surface area contributed by atoms with E-state index in [0.29, 0.717) is 5.69 Å². The first kappa shape index (κ1) is 12.8. The summed E-state index contributed by atoms with van der Waals surface area (Å²) in [6.45, 7) is 0. The SMILES string of the molecule is O=c1[nH]c2ccccc2nc1/C=C/c1cccc(Br)c1. The van der Waals surface area contributed by atoms with E-state index >= 15 is 0 Å². The fourth-order valence-corrected chi connectivity index (χ4v) is 2.36. The fraction of sp³-hybridized carbons (Fsp3) is 0. The van der Waals surface area contributed by atoms with Gasteiger partial charge in [-0.05, 0) is 35.9 Å². The van der Waals surface area contributed by atoms with Crippen molar-refractivity contribution in [3.8, 4) is 0 Å². The Bertz CT molecular complexity index is 852. The largest absolute Gasteiger partial charge is 0.319 e. The van der Waals surface area contributed by atoms with Crippen molar-refractivity contribution in [2.24, 2.45) is 0 Å². The van der Waals surface area contributed by atoms with Crippen LogP contribution in [0.5, 0.6) is 0 Å². The van der Waals surface area contributed by atoms with E-state index in [1.807, 2.05) is 54.6 Å². The smallest absolute Gasteiger partial charge is 0.274 e. The number of nitrogens with one attached hydrogen (secondary N) is 1. The molecule has 1 aromatic heterocycles. The quantitative estimate of drug-likeness (QED) is 0.777. The van der Waals surface area contributed by atoms with Crippen molar-refractivity contribution in [1.82, 2.24) is 9.97 Å². The number of benzene rings is 2. The molecule has 0 saturated heterocycles. The first-order valence-corrected chi connectivity index (χ1v) is 6.94. The molecule has 0 atom stereocenters. The maximum atomic E-state index is 11.9. The molecule has 1 heterocycles. The van der Waals surface area contributed by atoms with Crippen LogP contribution in [0.15, 0.2) is 57.8 Å². The lowest BCUT2D eigenvalue weighted by molar-refractivity contribution is 1.19. The van der Waals surface area contributed by atoms with E-state index < -0.39 is 0 Å². The molecule has 0 bridgehead atoms. The highest BCUT2D eigenvalue weighted by molar-refractivity contribution is 9.10. The highest BCUT2D eigenvalue weighted by atomic mass is 79.9. The van der Waals surface area contributed by atoms with E-state index in [1.54, 1.807) is 6.08 Å². The number of H-pyrrole nitrogens is 1. The Labute approximate surface area is 124 Å². The molecular weight excluding hydrogens is 316 g/mol. The van der Waals surface area contributed by atoms with Gasteiger partial charge in [0.1, 0.15) is 5.69 Å². The average molecular weight is 327 g/mol. The van der Waals surface area contributed by atoms with Crippen LogP contribution in [-0.2, 0) is 0 Å². The third kappa shape index (κ3) is 2.70. The van der Waals surface area contributed by atoms with Crippen LogP contribution in [0.25, 0.3) is 23.2 Å². The van der Waals surface area contributed by atoms with E-state index in [9.17, 15) is 4.79 Å². The van der Waals surface area contributed by atoms with Crippen LogP contribution in [0.4, 0.5) is 0 Å². The van der Waals surface area contributed by atoms with Gasteiger partial charge in [-0.25, -0.2) is 4.98 Å². The van der Waals surface area contributed by atoms with Gasteiger partial charge in [0.15, 0.2) is 0 Å². The lowest BCUT2D eigenvalue weighted by Crippen LogP contribution is -2.11. The minimum Gasteiger partial charge on any atom is -0.319 e. The first-order chi connectivity index (χ1) is 9.72. The molecule has 2 aromatic carbocycles. The lowest BCUT2D eigenvalue weighted by Gasteiger charge is -1.98. The monoisotopic (exact) mass is 326 g/mol. The third-order valence-electron chi connectivity index (χ3n) is 2.91. The third-order valence-corrected chi connectivity index (χ3v) is 3.40. The molecule has 0 aliphatic rings. The van der Waals surface area contributed by atoms with Crippen molar-refractivity contribution in [2.75, 3.05) is 0 Å². The molecular formula is C16H11BrN2O. The molecule has 0 spiro atoms. The molecule has 98 valence electrons. The topological polar surface area (TPSA) is 45.8 Å². The molecule has 0 fully saturated rings. The highest BCUT2D eigenvalue weighted by Gasteiger charge is 2.00. The van der Waals surface area contributed by atoms with Crippen LogP contribution in [0, 0.1) is 0 Å². The molecule has 3 rings (SSSR count). The maximum absolute atomic E-state index is 11.9. The summed E-state index contributed by atoms with van der Waals surface area (Å²) < 4.78 is 1.00. The number of halogens is 1. The number of aromatic nitrogens is 2. The number of fused-ring (bicyclic) bond motifs is 1. The second kappa shape index (κ2) is 5.43. The van der Waals surface area contributed by atoms with Crippen LogP contribution in [-0.4, -0.2) is 9.97 Å². The molecule has 4 heteroatoms. The molecule has 0 aliphatic heterocycles. The summed E-state index contributed by atoms with van der Waals surface area (Å²) in [5, 5.41) is 0. The Kier molecular flexibility index (Phi) is 3.48.